The highest BCUT2D eigenvalue weighted by Crippen LogP contribution is 2.14. The number of benzene rings is 1. The van der Waals surface area contributed by atoms with Gasteiger partial charge in [-0.05, 0) is 61.2 Å². The Kier molecular flexibility index (Phi) is 4.73. The van der Waals surface area contributed by atoms with Crippen LogP contribution in [0.3, 0.4) is 0 Å². The van der Waals surface area contributed by atoms with Gasteiger partial charge in [-0.25, -0.2) is 0 Å². The summed E-state index contributed by atoms with van der Waals surface area (Å²) < 4.78 is 5.64. The van der Waals surface area contributed by atoms with E-state index in [1.165, 1.54) is 0 Å². The summed E-state index contributed by atoms with van der Waals surface area (Å²) in [6, 6.07) is 7.80. The Morgan fingerprint density at radius 2 is 1.86 bits per heavy atom. The molecule has 1 aromatic carbocycles. The van der Waals surface area contributed by atoms with Crippen molar-refractivity contribution in [1.82, 2.24) is 0 Å². The van der Waals surface area contributed by atoms with Gasteiger partial charge in [0.05, 0.1) is 6.10 Å². The molecular formula is C10H13OPS2. The van der Waals surface area contributed by atoms with Crippen LogP contribution >= 0.6 is 5.47 Å². The first-order valence-electron chi connectivity index (χ1n) is 4.54. The highest BCUT2D eigenvalue weighted by atomic mass is 32.7. The van der Waals surface area contributed by atoms with Crippen molar-refractivity contribution in [3.05, 3.63) is 24.3 Å². The van der Waals surface area contributed by atoms with E-state index in [0.29, 0.717) is 0 Å². The van der Waals surface area contributed by atoms with Crippen LogP contribution < -0.4 is 10.0 Å². The lowest BCUT2D eigenvalue weighted by molar-refractivity contribution is 0.217. The fourth-order valence-electron chi connectivity index (χ4n) is 0.962. The van der Waals surface area contributed by atoms with Crippen LogP contribution in [0.15, 0.2) is 24.3 Å². The Hall–Kier alpha value is -0.240. The van der Waals surface area contributed by atoms with Crippen LogP contribution in [0, 0.1) is 0 Å². The van der Waals surface area contributed by atoms with Crippen molar-refractivity contribution in [3.63, 3.8) is 0 Å². The molecule has 0 saturated heterocycles. The summed E-state index contributed by atoms with van der Waals surface area (Å²) in [6.07, 6.45) is 1.27. The summed E-state index contributed by atoms with van der Waals surface area (Å²) in [5.74, 6) is 0.893. The highest BCUT2D eigenvalue weighted by Gasteiger charge is 2.00. The van der Waals surface area contributed by atoms with E-state index in [2.05, 4.69) is 13.8 Å². The molecule has 1 unspecified atom stereocenters. The second-order valence-corrected chi connectivity index (χ2v) is 7.00. The fraction of sp³-hybridized carbons (Fsp3) is 0.400. The Morgan fingerprint density at radius 1 is 1.29 bits per heavy atom. The van der Waals surface area contributed by atoms with Gasteiger partial charge in [0, 0.05) is 10.8 Å². The van der Waals surface area contributed by atoms with Gasteiger partial charge in [0.15, 0.2) is 0 Å². The van der Waals surface area contributed by atoms with Gasteiger partial charge in [-0.3, -0.25) is 0 Å². The number of ether oxygens (including phenoxy) is 1. The molecular weight excluding hydrogens is 231 g/mol. The van der Waals surface area contributed by atoms with Crippen molar-refractivity contribution in [3.8, 4) is 5.75 Å². The molecule has 0 aliphatic carbocycles. The fourth-order valence-corrected chi connectivity index (χ4v) is 2.08. The smallest absolute Gasteiger partial charge is 0.119 e. The second-order valence-electron chi connectivity index (χ2n) is 3.09. The summed E-state index contributed by atoms with van der Waals surface area (Å²) in [7, 11) is 0. The Morgan fingerprint density at radius 3 is 2.29 bits per heavy atom. The van der Waals surface area contributed by atoms with Gasteiger partial charge in [-0.15, -0.1) is 0 Å². The molecule has 0 radical (unpaired) electrons. The first-order valence-corrected chi connectivity index (χ1v) is 7.91. The van der Waals surface area contributed by atoms with Crippen LogP contribution in [0.5, 0.6) is 5.75 Å². The van der Waals surface area contributed by atoms with Crippen molar-refractivity contribution >= 4 is 34.4 Å². The van der Waals surface area contributed by atoms with Gasteiger partial charge in [-0.1, -0.05) is 6.92 Å². The van der Waals surface area contributed by atoms with Crippen LogP contribution in [0.4, 0.5) is 0 Å². The Bertz CT molecular complexity index is 349. The van der Waals surface area contributed by atoms with Crippen molar-refractivity contribution in [1.29, 1.82) is 0 Å². The average molecular weight is 244 g/mol. The molecule has 0 aliphatic rings. The maximum Gasteiger partial charge on any atom is 0.119 e. The molecule has 0 fully saturated rings. The molecule has 0 amide bonds. The summed E-state index contributed by atoms with van der Waals surface area (Å²) in [5.41, 5.74) is -0.821. The van der Waals surface area contributed by atoms with E-state index in [1.54, 1.807) is 0 Å². The minimum atomic E-state index is -0.821. The van der Waals surface area contributed by atoms with Crippen LogP contribution in [-0.2, 0) is 23.6 Å². The van der Waals surface area contributed by atoms with Gasteiger partial charge in [0.2, 0.25) is 0 Å². The predicted octanol–water partition coefficient (Wildman–Crippen LogP) is 2.89. The molecule has 1 aromatic rings. The quantitative estimate of drug-likeness (QED) is 0.754. The van der Waals surface area contributed by atoms with Gasteiger partial charge in [0.1, 0.15) is 5.75 Å². The number of hydrogen-bond donors (Lipinski definition) is 0. The number of hydrogen-bond acceptors (Lipinski definition) is 3. The zero-order valence-corrected chi connectivity index (χ0v) is 10.8. The van der Waals surface area contributed by atoms with Crippen LogP contribution in [-0.4, -0.2) is 6.10 Å². The molecule has 76 valence electrons. The molecule has 0 saturated carbocycles. The molecule has 1 atom stereocenters. The molecule has 14 heavy (non-hydrogen) atoms. The van der Waals surface area contributed by atoms with E-state index < -0.39 is 5.47 Å². The average Bonchev–Trinajstić information content (AvgIpc) is 2.18. The van der Waals surface area contributed by atoms with Crippen molar-refractivity contribution in [2.45, 2.75) is 26.4 Å². The zero-order valence-electron chi connectivity index (χ0n) is 8.27. The summed E-state index contributed by atoms with van der Waals surface area (Å²) in [4.78, 5) is 0. The van der Waals surface area contributed by atoms with Crippen molar-refractivity contribution in [2.75, 3.05) is 0 Å². The molecule has 0 aromatic heterocycles. The Balaban J connectivity index is 2.73. The van der Waals surface area contributed by atoms with Crippen LogP contribution in [0.1, 0.15) is 20.3 Å². The van der Waals surface area contributed by atoms with Crippen LogP contribution in [0.25, 0.3) is 0 Å². The maximum atomic E-state index is 5.64. The van der Waals surface area contributed by atoms with E-state index >= 15 is 0 Å². The van der Waals surface area contributed by atoms with Gasteiger partial charge < -0.3 is 4.74 Å². The monoisotopic (exact) mass is 244 g/mol. The lowest BCUT2D eigenvalue weighted by atomic mass is 10.3. The lowest BCUT2D eigenvalue weighted by Gasteiger charge is -2.12. The first kappa shape index (κ1) is 11.8. The van der Waals surface area contributed by atoms with Gasteiger partial charge in [0.25, 0.3) is 0 Å². The molecule has 1 rings (SSSR count). The SMILES string of the molecule is CCC(C)Oc1ccc(P(=S)=S)cc1. The molecule has 0 spiro atoms. The van der Waals surface area contributed by atoms with E-state index in [-0.39, 0.29) is 6.10 Å². The topological polar surface area (TPSA) is 9.23 Å². The van der Waals surface area contributed by atoms with E-state index in [9.17, 15) is 0 Å². The molecule has 4 heteroatoms. The van der Waals surface area contributed by atoms with Crippen LogP contribution in [0.2, 0.25) is 0 Å². The molecule has 1 nitrogen and oxygen atoms in total. The third-order valence-corrected chi connectivity index (χ3v) is 3.94. The van der Waals surface area contributed by atoms with Gasteiger partial charge >= 0.3 is 0 Å². The molecule has 0 bridgehead atoms. The Labute approximate surface area is 95.6 Å². The van der Waals surface area contributed by atoms with E-state index in [4.69, 9.17) is 28.4 Å². The number of rotatable bonds is 4. The molecule has 0 aliphatic heterocycles. The highest BCUT2D eigenvalue weighted by molar-refractivity contribution is 8.27. The maximum absolute atomic E-state index is 5.64. The summed E-state index contributed by atoms with van der Waals surface area (Å²) >= 11 is 10.1. The molecule has 0 heterocycles. The van der Waals surface area contributed by atoms with Gasteiger partial charge in [-0.2, -0.15) is 0 Å². The summed E-state index contributed by atoms with van der Waals surface area (Å²) in [6.45, 7) is 4.16. The van der Waals surface area contributed by atoms with Crippen molar-refractivity contribution < 1.29 is 4.74 Å². The largest absolute Gasteiger partial charge is 0.491 e. The first-order chi connectivity index (χ1) is 6.63. The van der Waals surface area contributed by atoms with Crippen molar-refractivity contribution in [2.24, 2.45) is 0 Å². The second kappa shape index (κ2) is 5.59. The minimum absolute atomic E-state index is 0.259. The molecule has 0 N–H and O–H groups in total. The standard InChI is InChI=1S/C10H13OPS2/c1-3-8(2)11-9-4-6-10(7-5-9)12(13)14/h4-8H,3H2,1-2H3. The normalized spacial score (nSPS) is 12.1. The van der Waals surface area contributed by atoms with E-state index in [1.807, 2.05) is 24.3 Å². The minimum Gasteiger partial charge on any atom is -0.491 e. The summed E-state index contributed by atoms with van der Waals surface area (Å²) in [5, 5.41) is 1.06. The third-order valence-electron chi connectivity index (χ3n) is 1.96. The lowest BCUT2D eigenvalue weighted by Crippen LogP contribution is -2.09. The third kappa shape index (κ3) is 3.49. The van der Waals surface area contributed by atoms with E-state index in [0.717, 1.165) is 17.5 Å². The zero-order chi connectivity index (χ0) is 10.6. The predicted molar refractivity (Wildman–Crippen MR) is 68.1 cm³/mol.